The first-order valence-electron chi connectivity index (χ1n) is 8.96. The van der Waals surface area contributed by atoms with Crippen LogP contribution in [0.5, 0.6) is 0 Å². The number of rotatable bonds is 3. The Hall–Kier alpha value is -2.31. The maximum absolute atomic E-state index is 13.0. The summed E-state index contributed by atoms with van der Waals surface area (Å²) < 4.78 is 19.0. The van der Waals surface area contributed by atoms with Crippen LogP contribution in [0.1, 0.15) is 18.5 Å². The molecule has 2 fully saturated rings. The molecule has 2 saturated heterocycles. The van der Waals surface area contributed by atoms with Crippen molar-refractivity contribution in [3.8, 4) is 0 Å². The van der Waals surface area contributed by atoms with Crippen molar-refractivity contribution in [3.05, 3.63) is 60.2 Å². The van der Waals surface area contributed by atoms with E-state index in [0.717, 1.165) is 37.3 Å². The number of carbonyl (C=O) groups is 1. The summed E-state index contributed by atoms with van der Waals surface area (Å²) in [5.74, 6) is -0.299. The molecule has 0 saturated carbocycles. The zero-order valence-electron chi connectivity index (χ0n) is 14.6. The lowest BCUT2D eigenvalue weighted by Crippen LogP contribution is -2.58. The van der Waals surface area contributed by atoms with Gasteiger partial charge >= 0.3 is 0 Å². The van der Waals surface area contributed by atoms with E-state index in [9.17, 15) is 9.18 Å². The highest BCUT2D eigenvalue weighted by molar-refractivity contribution is 5.95. The Morgan fingerprint density at radius 3 is 2.58 bits per heavy atom. The first-order valence-corrected chi connectivity index (χ1v) is 8.96. The molecule has 6 heteroatoms. The molecule has 1 spiro atoms. The molecular formula is C20H22FN3O2. The molecule has 0 atom stereocenters. The molecule has 1 amide bonds. The molecule has 26 heavy (non-hydrogen) atoms. The van der Waals surface area contributed by atoms with Crippen molar-refractivity contribution < 1.29 is 13.9 Å². The lowest BCUT2D eigenvalue weighted by Gasteiger charge is -2.47. The van der Waals surface area contributed by atoms with E-state index in [1.807, 2.05) is 35.2 Å². The van der Waals surface area contributed by atoms with Crippen LogP contribution in [0.2, 0.25) is 0 Å². The third-order valence-corrected chi connectivity index (χ3v) is 5.26. The normalized spacial score (nSPS) is 20.5. The van der Waals surface area contributed by atoms with Crippen molar-refractivity contribution >= 4 is 11.6 Å². The Balaban J connectivity index is 1.40. The van der Waals surface area contributed by atoms with E-state index in [4.69, 9.17) is 4.74 Å². The van der Waals surface area contributed by atoms with Crippen LogP contribution in [0.25, 0.3) is 0 Å². The fourth-order valence-electron chi connectivity index (χ4n) is 3.71. The summed E-state index contributed by atoms with van der Waals surface area (Å²) in [5.41, 5.74) is 1.52. The fraction of sp³-hybridized carbons (Fsp3) is 0.400. The van der Waals surface area contributed by atoms with Crippen LogP contribution < -0.4 is 4.90 Å². The lowest BCUT2D eigenvalue weighted by atomic mass is 9.89. The summed E-state index contributed by atoms with van der Waals surface area (Å²) in [6.45, 7) is 3.18. The SMILES string of the molecule is O=C1COC2(CCN(Cc3ccc(F)cn3)CC2)CN1c1ccccc1. The van der Waals surface area contributed by atoms with Gasteiger partial charge in [0.1, 0.15) is 12.4 Å². The number of hydrogen-bond acceptors (Lipinski definition) is 4. The third-order valence-electron chi connectivity index (χ3n) is 5.26. The predicted molar refractivity (Wildman–Crippen MR) is 96.2 cm³/mol. The number of para-hydroxylation sites is 1. The Labute approximate surface area is 152 Å². The fourth-order valence-corrected chi connectivity index (χ4v) is 3.71. The summed E-state index contributed by atoms with van der Waals surface area (Å²) in [7, 11) is 0. The second-order valence-corrected chi connectivity index (χ2v) is 7.03. The molecule has 0 bridgehead atoms. The van der Waals surface area contributed by atoms with Gasteiger partial charge in [-0.05, 0) is 37.1 Å². The third kappa shape index (κ3) is 3.61. The monoisotopic (exact) mass is 355 g/mol. The van der Waals surface area contributed by atoms with Gasteiger partial charge in [0.2, 0.25) is 0 Å². The molecule has 4 rings (SSSR count). The number of benzene rings is 1. The van der Waals surface area contributed by atoms with Crippen LogP contribution in [-0.2, 0) is 16.1 Å². The predicted octanol–water partition coefficient (Wildman–Crippen LogP) is 2.62. The molecule has 3 heterocycles. The molecule has 2 aliphatic rings. The number of hydrogen-bond donors (Lipinski definition) is 0. The van der Waals surface area contributed by atoms with E-state index in [2.05, 4.69) is 9.88 Å². The van der Waals surface area contributed by atoms with E-state index in [0.29, 0.717) is 13.1 Å². The average molecular weight is 355 g/mol. The minimum absolute atomic E-state index is 0.0137. The van der Waals surface area contributed by atoms with Gasteiger partial charge < -0.3 is 9.64 Å². The highest BCUT2D eigenvalue weighted by atomic mass is 19.1. The van der Waals surface area contributed by atoms with E-state index in [1.165, 1.54) is 12.3 Å². The number of ether oxygens (including phenoxy) is 1. The van der Waals surface area contributed by atoms with Crippen molar-refractivity contribution in [3.63, 3.8) is 0 Å². The van der Waals surface area contributed by atoms with Gasteiger partial charge in [-0.1, -0.05) is 18.2 Å². The zero-order chi connectivity index (χ0) is 18.0. The van der Waals surface area contributed by atoms with Gasteiger partial charge in [-0.25, -0.2) is 4.39 Å². The number of aromatic nitrogens is 1. The summed E-state index contributed by atoms with van der Waals surface area (Å²) in [4.78, 5) is 20.6. The molecule has 0 aliphatic carbocycles. The molecule has 5 nitrogen and oxygen atoms in total. The number of amides is 1. The van der Waals surface area contributed by atoms with Crippen LogP contribution in [-0.4, -0.2) is 47.6 Å². The Bertz CT molecular complexity index is 758. The van der Waals surface area contributed by atoms with Gasteiger partial charge in [0.15, 0.2) is 0 Å². The molecule has 2 aliphatic heterocycles. The number of nitrogens with zero attached hydrogens (tertiary/aromatic N) is 3. The molecule has 0 unspecified atom stereocenters. The molecule has 2 aromatic rings. The van der Waals surface area contributed by atoms with Gasteiger partial charge in [0, 0.05) is 25.3 Å². The van der Waals surface area contributed by atoms with Crippen LogP contribution >= 0.6 is 0 Å². The molecule has 136 valence electrons. The minimum atomic E-state index is -0.312. The van der Waals surface area contributed by atoms with Gasteiger partial charge in [0.05, 0.1) is 24.0 Å². The molecule has 1 aromatic carbocycles. The van der Waals surface area contributed by atoms with Crippen molar-refractivity contribution in [2.24, 2.45) is 0 Å². The number of morpholine rings is 1. The highest BCUT2D eigenvalue weighted by Crippen LogP contribution is 2.33. The van der Waals surface area contributed by atoms with E-state index in [1.54, 1.807) is 6.07 Å². The van der Waals surface area contributed by atoms with Gasteiger partial charge in [-0.3, -0.25) is 14.7 Å². The Morgan fingerprint density at radius 2 is 1.88 bits per heavy atom. The van der Waals surface area contributed by atoms with Crippen molar-refractivity contribution in [1.82, 2.24) is 9.88 Å². The molecule has 0 N–H and O–H groups in total. The summed E-state index contributed by atoms with van der Waals surface area (Å²) in [5, 5.41) is 0. The first kappa shape index (κ1) is 17.1. The Kier molecular flexibility index (Phi) is 4.70. The second-order valence-electron chi connectivity index (χ2n) is 7.03. The van der Waals surface area contributed by atoms with Gasteiger partial charge in [0.25, 0.3) is 5.91 Å². The number of halogens is 1. The summed E-state index contributed by atoms with van der Waals surface area (Å²) in [6.07, 6.45) is 2.99. The molecular weight excluding hydrogens is 333 g/mol. The maximum atomic E-state index is 13.0. The molecule has 0 radical (unpaired) electrons. The van der Waals surface area contributed by atoms with E-state index >= 15 is 0 Å². The van der Waals surface area contributed by atoms with Crippen molar-refractivity contribution in [2.75, 3.05) is 31.1 Å². The van der Waals surface area contributed by atoms with Crippen LogP contribution in [0.3, 0.4) is 0 Å². The summed E-state index contributed by atoms with van der Waals surface area (Å²) >= 11 is 0. The number of likely N-dealkylation sites (tertiary alicyclic amines) is 1. The largest absolute Gasteiger partial charge is 0.363 e. The number of carbonyl (C=O) groups excluding carboxylic acids is 1. The van der Waals surface area contributed by atoms with Crippen LogP contribution in [0, 0.1) is 5.82 Å². The average Bonchev–Trinajstić information content (AvgIpc) is 2.68. The molecule has 1 aromatic heterocycles. The zero-order valence-corrected chi connectivity index (χ0v) is 14.6. The van der Waals surface area contributed by atoms with Crippen LogP contribution in [0.4, 0.5) is 10.1 Å². The van der Waals surface area contributed by atoms with Gasteiger partial charge in [-0.2, -0.15) is 0 Å². The minimum Gasteiger partial charge on any atom is -0.363 e. The number of piperidine rings is 1. The van der Waals surface area contributed by atoms with Crippen molar-refractivity contribution in [2.45, 2.75) is 25.0 Å². The number of pyridine rings is 1. The van der Waals surface area contributed by atoms with E-state index < -0.39 is 0 Å². The lowest BCUT2D eigenvalue weighted by molar-refractivity contribution is -0.145. The van der Waals surface area contributed by atoms with Gasteiger partial charge in [-0.15, -0.1) is 0 Å². The summed E-state index contributed by atoms with van der Waals surface area (Å²) in [6, 6.07) is 12.9. The van der Waals surface area contributed by atoms with E-state index in [-0.39, 0.29) is 23.9 Å². The Morgan fingerprint density at radius 1 is 1.12 bits per heavy atom. The number of anilines is 1. The first-order chi connectivity index (χ1) is 12.6. The highest BCUT2D eigenvalue weighted by Gasteiger charge is 2.42. The quantitative estimate of drug-likeness (QED) is 0.849. The maximum Gasteiger partial charge on any atom is 0.253 e. The van der Waals surface area contributed by atoms with Crippen LogP contribution in [0.15, 0.2) is 48.7 Å². The smallest absolute Gasteiger partial charge is 0.253 e. The van der Waals surface area contributed by atoms with Crippen molar-refractivity contribution in [1.29, 1.82) is 0 Å². The topological polar surface area (TPSA) is 45.7 Å². The second kappa shape index (κ2) is 7.13. The standard InChI is InChI=1S/C20H22FN3O2/c21-16-6-7-17(22-12-16)13-23-10-8-20(9-11-23)15-24(19(25)14-26-20)18-4-2-1-3-5-18/h1-7,12H,8-11,13-15H2.